The number of rotatable bonds is 3. The van der Waals surface area contributed by atoms with Crippen molar-refractivity contribution >= 4 is 27.1 Å². The molecule has 0 aliphatic rings. The Labute approximate surface area is 121 Å². The molecule has 1 aromatic heterocycles. The third kappa shape index (κ3) is 2.42. The van der Waals surface area contributed by atoms with Crippen molar-refractivity contribution in [2.45, 2.75) is 13.0 Å². The number of hydrogen-bond acceptors (Lipinski definition) is 4. The first-order chi connectivity index (χ1) is 9.63. The highest BCUT2D eigenvalue weighted by Gasteiger charge is 2.11. The van der Waals surface area contributed by atoms with Crippen LogP contribution in [0.2, 0.25) is 0 Å². The molecule has 102 valence electrons. The van der Waals surface area contributed by atoms with Gasteiger partial charge in [-0.05, 0) is 54.1 Å². The van der Waals surface area contributed by atoms with Gasteiger partial charge in [0, 0.05) is 22.0 Å². The maximum absolute atomic E-state index is 9.88. The molecule has 1 atom stereocenters. The SMILES string of the molecule is CC(Nc1ccc2sccc2c1)c1ccc(O)cc1O. The minimum absolute atomic E-state index is 0.0494. The highest BCUT2D eigenvalue weighted by molar-refractivity contribution is 7.17. The second-order valence-corrected chi connectivity index (χ2v) is 5.73. The van der Waals surface area contributed by atoms with Crippen LogP contribution in [0.15, 0.2) is 47.8 Å². The van der Waals surface area contributed by atoms with E-state index >= 15 is 0 Å². The molecule has 0 aliphatic heterocycles. The van der Waals surface area contributed by atoms with Gasteiger partial charge in [-0.1, -0.05) is 0 Å². The number of hydrogen-bond donors (Lipinski definition) is 3. The van der Waals surface area contributed by atoms with Crippen LogP contribution in [0.1, 0.15) is 18.5 Å². The van der Waals surface area contributed by atoms with Gasteiger partial charge in [0.25, 0.3) is 0 Å². The molecule has 20 heavy (non-hydrogen) atoms. The molecule has 4 heteroatoms. The van der Waals surface area contributed by atoms with Gasteiger partial charge in [0.15, 0.2) is 0 Å². The molecule has 3 rings (SSSR count). The molecule has 0 radical (unpaired) electrons. The summed E-state index contributed by atoms with van der Waals surface area (Å²) in [6, 6.07) is 12.9. The summed E-state index contributed by atoms with van der Waals surface area (Å²) in [6.45, 7) is 1.98. The largest absolute Gasteiger partial charge is 0.508 e. The summed E-state index contributed by atoms with van der Waals surface area (Å²) in [5.41, 5.74) is 1.77. The summed E-state index contributed by atoms with van der Waals surface area (Å²) in [4.78, 5) is 0. The van der Waals surface area contributed by atoms with E-state index in [0.717, 1.165) is 11.3 Å². The van der Waals surface area contributed by atoms with E-state index in [0.29, 0.717) is 0 Å². The molecular weight excluding hydrogens is 270 g/mol. The minimum Gasteiger partial charge on any atom is -0.508 e. The van der Waals surface area contributed by atoms with Crippen LogP contribution in [0.25, 0.3) is 10.1 Å². The predicted octanol–water partition coefficient (Wildman–Crippen LogP) is 4.49. The van der Waals surface area contributed by atoms with E-state index in [2.05, 4.69) is 28.9 Å². The van der Waals surface area contributed by atoms with E-state index in [-0.39, 0.29) is 17.5 Å². The molecule has 0 saturated carbocycles. The van der Waals surface area contributed by atoms with Crippen molar-refractivity contribution in [2.75, 3.05) is 5.32 Å². The number of nitrogens with one attached hydrogen (secondary N) is 1. The molecule has 0 fully saturated rings. The average molecular weight is 285 g/mol. The monoisotopic (exact) mass is 285 g/mol. The number of aromatic hydroxyl groups is 2. The Hall–Kier alpha value is -2.20. The fourth-order valence-electron chi connectivity index (χ4n) is 2.28. The summed E-state index contributed by atoms with van der Waals surface area (Å²) in [7, 11) is 0. The second kappa shape index (κ2) is 5.06. The van der Waals surface area contributed by atoms with Crippen molar-refractivity contribution in [1.82, 2.24) is 0 Å². The molecule has 1 heterocycles. The average Bonchev–Trinajstić information content (AvgIpc) is 2.85. The number of phenolic OH excluding ortho intramolecular Hbond substituents is 2. The van der Waals surface area contributed by atoms with E-state index in [1.165, 1.54) is 16.2 Å². The lowest BCUT2D eigenvalue weighted by atomic mass is 10.1. The van der Waals surface area contributed by atoms with Crippen molar-refractivity contribution in [3.63, 3.8) is 0 Å². The van der Waals surface area contributed by atoms with E-state index in [4.69, 9.17) is 0 Å². The normalized spacial score (nSPS) is 12.4. The molecule has 0 saturated heterocycles. The lowest BCUT2D eigenvalue weighted by molar-refractivity contribution is 0.444. The summed E-state index contributed by atoms with van der Waals surface area (Å²) < 4.78 is 1.26. The van der Waals surface area contributed by atoms with Crippen molar-refractivity contribution in [2.24, 2.45) is 0 Å². The number of benzene rings is 2. The molecule has 0 spiro atoms. The third-order valence-corrected chi connectivity index (χ3v) is 4.21. The second-order valence-electron chi connectivity index (χ2n) is 4.78. The maximum Gasteiger partial charge on any atom is 0.124 e. The molecule has 0 bridgehead atoms. The summed E-state index contributed by atoms with van der Waals surface area (Å²) in [6.07, 6.45) is 0. The summed E-state index contributed by atoms with van der Waals surface area (Å²) >= 11 is 1.72. The van der Waals surface area contributed by atoms with Gasteiger partial charge in [0.1, 0.15) is 11.5 Å². The fourth-order valence-corrected chi connectivity index (χ4v) is 3.05. The van der Waals surface area contributed by atoms with Crippen molar-refractivity contribution in [3.8, 4) is 11.5 Å². The Bertz CT molecular complexity index is 751. The Balaban J connectivity index is 1.85. The highest BCUT2D eigenvalue weighted by Crippen LogP contribution is 2.31. The Morgan fingerprint density at radius 1 is 1.05 bits per heavy atom. The van der Waals surface area contributed by atoms with Gasteiger partial charge in [-0.15, -0.1) is 11.3 Å². The van der Waals surface area contributed by atoms with E-state index in [1.54, 1.807) is 23.5 Å². The van der Waals surface area contributed by atoms with Crippen LogP contribution >= 0.6 is 11.3 Å². The van der Waals surface area contributed by atoms with Gasteiger partial charge in [0.2, 0.25) is 0 Å². The van der Waals surface area contributed by atoms with Crippen LogP contribution in [0.5, 0.6) is 11.5 Å². The Kier molecular flexibility index (Phi) is 3.24. The van der Waals surface area contributed by atoms with Crippen molar-refractivity contribution in [3.05, 3.63) is 53.4 Å². The van der Waals surface area contributed by atoms with Gasteiger partial charge in [0.05, 0.1) is 6.04 Å². The number of fused-ring (bicyclic) bond motifs is 1. The first-order valence-corrected chi connectivity index (χ1v) is 7.27. The number of phenols is 2. The zero-order valence-electron chi connectivity index (χ0n) is 11.0. The van der Waals surface area contributed by atoms with Gasteiger partial charge >= 0.3 is 0 Å². The quantitative estimate of drug-likeness (QED) is 0.664. The van der Waals surface area contributed by atoms with E-state index < -0.39 is 0 Å². The Morgan fingerprint density at radius 3 is 2.70 bits per heavy atom. The van der Waals surface area contributed by atoms with Gasteiger partial charge in [-0.3, -0.25) is 0 Å². The molecule has 3 N–H and O–H groups in total. The highest BCUT2D eigenvalue weighted by atomic mass is 32.1. The molecular formula is C16H15NO2S. The first kappa shape index (κ1) is 12.8. The van der Waals surface area contributed by atoms with E-state index in [9.17, 15) is 10.2 Å². The van der Waals surface area contributed by atoms with Crippen LogP contribution in [0.4, 0.5) is 5.69 Å². The predicted molar refractivity (Wildman–Crippen MR) is 83.6 cm³/mol. The van der Waals surface area contributed by atoms with E-state index in [1.807, 2.05) is 13.0 Å². The molecule has 3 nitrogen and oxygen atoms in total. The zero-order chi connectivity index (χ0) is 14.1. The molecule has 2 aromatic carbocycles. The number of anilines is 1. The van der Waals surface area contributed by atoms with Crippen LogP contribution < -0.4 is 5.32 Å². The Morgan fingerprint density at radius 2 is 1.90 bits per heavy atom. The van der Waals surface area contributed by atoms with Crippen LogP contribution in [0, 0.1) is 0 Å². The fraction of sp³-hybridized carbons (Fsp3) is 0.125. The first-order valence-electron chi connectivity index (χ1n) is 6.39. The van der Waals surface area contributed by atoms with Crippen molar-refractivity contribution < 1.29 is 10.2 Å². The summed E-state index contributed by atoms with van der Waals surface area (Å²) in [5, 5.41) is 25.9. The lowest BCUT2D eigenvalue weighted by Crippen LogP contribution is -2.06. The maximum atomic E-state index is 9.88. The zero-order valence-corrected chi connectivity index (χ0v) is 11.8. The standard InChI is InChI=1S/C16H15NO2S/c1-10(14-4-3-13(18)9-15(14)19)17-12-2-5-16-11(8-12)6-7-20-16/h2-10,17-19H,1H3. The minimum atomic E-state index is -0.0494. The number of thiophene rings is 1. The van der Waals surface area contributed by atoms with Crippen LogP contribution in [-0.4, -0.2) is 10.2 Å². The topological polar surface area (TPSA) is 52.5 Å². The summed E-state index contributed by atoms with van der Waals surface area (Å²) in [5.74, 6) is 0.166. The van der Waals surface area contributed by atoms with Crippen LogP contribution in [-0.2, 0) is 0 Å². The molecule has 1 unspecified atom stereocenters. The molecule has 0 amide bonds. The third-order valence-electron chi connectivity index (χ3n) is 3.32. The van der Waals surface area contributed by atoms with Crippen LogP contribution in [0.3, 0.4) is 0 Å². The van der Waals surface area contributed by atoms with Gasteiger partial charge in [-0.25, -0.2) is 0 Å². The van der Waals surface area contributed by atoms with Gasteiger partial charge in [-0.2, -0.15) is 0 Å². The molecule has 3 aromatic rings. The smallest absolute Gasteiger partial charge is 0.124 e. The lowest BCUT2D eigenvalue weighted by Gasteiger charge is -2.17. The molecule has 0 aliphatic carbocycles. The van der Waals surface area contributed by atoms with Gasteiger partial charge < -0.3 is 15.5 Å². The van der Waals surface area contributed by atoms with Crippen molar-refractivity contribution in [1.29, 1.82) is 0 Å².